The van der Waals surface area contributed by atoms with Crippen LogP contribution >= 0.6 is 22.7 Å². The van der Waals surface area contributed by atoms with Crippen molar-refractivity contribution in [3.63, 3.8) is 0 Å². The highest BCUT2D eigenvalue weighted by molar-refractivity contribution is 7.26. The van der Waals surface area contributed by atoms with Gasteiger partial charge in [-0.15, -0.1) is 22.7 Å². The van der Waals surface area contributed by atoms with Crippen molar-refractivity contribution >= 4 is 112 Å². The van der Waals surface area contributed by atoms with E-state index in [1.54, 1.807) is 0 Å². The van der Waals surface area contributed by atoms with Gasteiger partial charge in [0.15, 0.2) is 0 Å². The summed E-state index contributed by atoms with van der Waals surface area (Å²) in [5, 5.41) is 13.3. The number of thiophene rings is 2. The lowest BCUT2D eigenvalue weighted by molar-refractivity contribution is 1.36. The summed E-state index contributed by atoms with van der Waals surface area (Å²) in [7, 11) is 0. The lowest BCUT2D eigenvalue weighted by atomic mass is 10.0. The second-order valence-corrected chi connectivity index (χ2v) is 12.6. The highest BCUT2D eigenvalue weighted by Crippen LogP contribution is 2.45. The van der Waals surface area contributed by atoms with Crippen LogP contribution in [-0.2, 0) is 0 Å². The van der Waals surface area contributed by atoms with E-state index >= 15 is 0 Å². The summed E-state index contributed by atoms with van der Waals surface area (Å²) in [6, 6.07) is 43.2. The molecule has 0 bridgehead atoms. The van der Waals surface area contributed by atoms with Crippen molar-refractivity contribution in [2.45, 2.75) is 0 Å². The fraction of sp³-hybridized carbons (Fsp3) is 0. The van der Waals surface area contributed by atoms with Gasteiger partial charge >= 0.3 is 0 Å². The van der Waals surface area contributed by atoms with Gasteiger partial charge in [0.05, 0.1) is 16.6 Å². The van der Waals surface area contributed by atoms with E-state index in [-0.39, 0.29) is 0 Å². The van der Waals surface area contributed by atoms with Crippen molar-refractivity contribution in [2.24, 2.45) is 0 Å². The lowest BCUT2D eigenvalue weighted by Crippen LogP contribution is -1.86. The normalized spacial score (nSPS) is 12.6. The molecule has 0 radical (unpaired) electrons. The second-order valence-electron chi connectivity index (χ2n) is 10.5. The van der Waals surface area contributed by atoms with Crippen molar-refractivity contribution in [3.8, 4) is 0 Å². The minimum absolute atomic E-state index is 1.24. The van der Waals surface area contributed by atoms with Gasteiger partial charge in [0.1, 0.15) is 0 Å². The van der Waals surface area contributed by atoms with E-state index in [2.05, 4.69) is 120 Å². The zero-order chi connectivity index (χ0) is 25.2. The summed E-state index contributed by atoms with van der Waals surface area (Å²) in [6.45, 7) is 0. The van der Waals surface area contributed by atoms with Crippen LogP contribution in [0.5, 0.6) is 0 Å². The molecule has 0 saturated heterocycles. The quantitative estimate of drug-likeness (QED) is 0.184. The van der Waals surface area contributed by atoms with Crippen LogP contribution in [0.3, 0.4) is 0 Å². The molecule has 0 aliphatic carbocycles. The molecule has 1 nitrogen and oxygen atoms in total. The van der Waals surface area contributed by atoms with E-state index in [4.69, 9.17) is 0 Å². The molecule has 180 valence electrons. The molecule has 0 spiro atoms. The molecule has 4 aromatic heterocycles. The van der Waals surface area contributed by atoms with Gasteiger partial charge in [0.25, 0.3) is 0 Å². The van der Waals surface area contributed by atoms with E-state index in [1.165, 1.54) is 89.2 Å². The van der Waals surface area contributed by atoms with Crippen LogP contribution in [0.15, 0.2) is 115 Å². The third-order valence-electron chi connectivity index (χ3n) is 8.53. The number of hydrogen-bond acceptors (Lipinski definition) is 2. The molecule has 0 N–H and O–H groups in total. The predicted molar refractivity (Wildman–Crippen MR) is 173 cm³/mol. The number of aromatic nitrogens is 1. The molecule has 0 unspecified atom stereocenters. The average Bonchev–Trinajstić information content (AvgIpc) is 3.65. The SMILES string of the molecule is c1ccc2c(c1)sc1cc3c4cccc5c6cccc7sc8cccc(c9ccccc9n(c3cc12)c54)c8c76. The van der Waals surface area contributed by atoms with E-state index in [9.17, 15) is 0 Å². The average molecular weight is 530 g/mol. The minimum atomic E-state index is 1.24. The smallest absolute Gasteiger partial charge is 0.0619 e. The zero-order valence-electron chi connectivity index (χ0n) is 20.7. The van der Waals surface area contributed by atoms with Crippen LogP contribution in [0, 0.1) is 0 Å². The Bertz CT molecular complexity index is 2660. The van der Waals surface area contributed by atoms with Gasteiger partial charge in [0.2, 0.25) is 0 Å². The van der Waals surface area contributed by atoms with Gasteiger partial charge in [-0.05, 0) is 47.2 Å². The van der Waals surface area contributed by atoms with Crippen molar-refractivity contribution in [2.75, 3.05) is 0 Å². The largest absolute Gasteiger partial charge is 0.308 e. The molecule has 3 heteroatoms. The molecule has 0 fully saturated rings. The number of fused-ring (bicyclic) bond motifs is 10. The van der Waals surface area contributed by atoms with Crippen LogP contribution in [0.2, 0.25) is 0 Å². The molecule has 0 aliphatic heterocycles. The molecule has 0 amide bonds. The Morgan fingerprint density at radius 1 is 0.359 bits per heavy atom. The maximum atomic E-state index is 2.55. The Hall–Kier alpha value is -4.44. The van der Waals surface area contributed by atoms with Crippen LogP contribution in [0.1, 0.15) is 0 Å². The molecular weight excluding hydrogens is 511 g/mol. The first-order valence-electron chi connectivity index (χ1n) is 13.3. The van der Waals surface area contributed by atoms with E-state index in [0.29, 0.717) is 0 Å². The Morgan fingerprint density at radius 2 is 0.923 bits per heavy atom. The summed E-state index contributed by atoms with van der Waals surface area (Å²) < 4.78 is 7.94. The van der Waals surface area contributed by atoms with Crippen LogP contribution < -0.4 is 0 Å². The summed E-state index contributed by atoms with van der Waals surface area (Å²) >= 11 is 3.80. The summed E-state index contributed by atoms with van der Waals surface area (Å²) in [4.78, 5) is 0. The number of hydrogen-bond donors (Lipinski definition) is 0. The first kappa shape index (κ1) is 20.5. The molecule has 10 aromatic rings. The highest BCUT2D eigenvalue weighted by Gasteiger charge is 2.18. The second kappa shape index (κ2) is 7.15. The Balaban J connectivity index is 1.63. The number of rotatable bonds is 0. The van der Waals surface area contributed by atoms with Crippen LogP contribution in [0.4, 0.5) is 0 Å². The first-order valence-corrected chi connectivity index (χ1v) is 14.9. The standard InChI is InChI=1S/C36H19NS2/c1-3-14-28-20(8-1)22-10-6-16-31-34(22)35-23(11-7-17-32(35)39-31)24-12-5-13-25-26-19-33-27(18-29(26)37(28)36(24)25)21-9-2-4-15-30(21)38-33/h1-19H. The fourth-order valence-corrected chi connectivity index (χ4v) is 9.25. The first-order chi connectivity index (χ1) is 19.3. The molecule has 6 aromatic carbocycles. The minimum Gasteiger partial charge on any atom is -0.308 e. The van der Waals surface area contributed by atoms with Gasteiger partial charge in [-0.2, -0.15) is 0 Å². The maximum Gasteiger partial charge on any atom is 0.0619 e. The maximum absolute atomic E-state index is 2.55. The zero-order valence-corrected chi connectivity index (χ0v) is 22.4. The van der Waals surface area contributed by atoms with Gasteiger partial charge in [-0.3, -0.25) is 0 Å². The third kappa shape index (κ3) is 2.50. The van der Waals surface area contributed by atoms with E-state index in [1.807, 2.05) is 22.7 Å². The highest BCUT2D eigenvalue weighted by atomic mass is 32.1. The van der Waals surface area contributed by atoms with Crippen molar-refractivity contribution in [3.05, 3.63) is 115 Å². The lowest BCUT2D eigenvalue weighted by Gasteiger charge is -2.05. The summed E-state index contributed by atoms with van der Waals surface area (Å²) in [5.41, 5.74) is 3.80. The Labute approximate surface area is 230 Å². The molecule has 39 heavy (non-hydrogen) atoms. The molecule has 0 aliphatic rings. The van der Waals surface area contributed by atoms with Crippen molar-refractivity contribution < 1.29 is 0 Å². The summed E-state index contributed by atoms with van der Waals surface area (Å²) in [6.07, 6.45) is 0. The Kier molecular flexibility index (Phi) is 3.76. The Morgan fingerprint density at radius 3 is 1.74 bits per heavy atom. The van der Waals surface area contributed by atoms with E-state index in [0.717, 1.165) is 0 Å². The summed E-state index contributed by atoms with van der Waals surface area (Å²) in [5.74, 6) is 0. The molecule has 10 rings (SSSR count). The van der Waals surface area contributed by atoms with E-state index < -0.39 is 0 Å². The van der Waals surface area contributed by atoms with Gasteiger partial charge in [-0.1, -0.05) is 78.9 Å². The molecule has 4 heterocycles. The predicted octanol–water partition coefficient (Wildman–Crippen LogP) is 11.3. The van der Waals surface area contributed by atoms with Crippen LogP contribution in [-0.4, -0.2) is 4.40 Å². The van der Waals surface area contributed by atoms with Gasteiger partial charge in [0, 0.05) is 61.9 Å². The number of para-hydroxylation sites is 2. The monoisotopic (exact) mass is 529 g/mol. The molecule has 0 atom stereocenters. The molecular formula is C36H19NS2. The fourth-order valence-electron chi connectivity index (χ4n) is 6.96. The van der Waals surface area contributed by atoms with Crippen molar-refractivity contribution in [1.82, 2.24) is 4.40 Å². The molecule has 0 saturated carbocycles. The van der Waals surface area contributed by atoms with Gasteiger partial charge < -0.3 is 4.40 Å². The van der Waals surface area contributed by atoms with Crippen LogP contribution in [0.25, 0.3) is 89.2 Å². The number of benzene rings is 6. The topological polar surface area (TPSA) is 4.41 Å². The third-order valence-corrected chi connectivity index (χ3v) is 10.8. The number of nitrogens with zero attached hydrogens (tertiary/aromatic N) is 1. The van der Waals surface area contributed by atoms with Gasteiger partial charge in [-0.25, -0.2) is 0 Å². The van der Waals surface area contributed by atoms with Crippen molar-refractivity contribution in [1.29, 1.82) is 0 Å².